The summed E-state index contributed by atoms with van der Waals surface area (Å²) < 4.78 is 4.99. The first-order valence-electron chi connectivity index (χ1n) is 9.76. The molecule has 8 nitrogen and oxygen atoms in total. The lowest BCUT2D eigenvalue weighted by molar-refractivity contribution is 0.687. The summed E-state index contributed by atoms with van der Waals surface area (Å²) in [4.78, 5) is 31.9. The first-order chi connectivity index (χ1) is 13.9. The first-order valence-corrected chi connectivity index (χ1v) is 9.76. The number of aryl methyl sites for hydroxylation is 4. The molecular formula is C21H24N6O2. The van der Waals surface area contributed by atoms with Crippen LogP contribution >= 0.6 is 0 Å². The van der Waals surface area contributed by atoms with E-state index in [1.807, 2.05) is 35.8 Å². The van der Waals surface area contributed by atoms with E-state index in [1.54, 1.807) is 11.7 Å². The van der Waals surface area contributed by atoms with Gasteiger partial charge in [0.2, 0.25) is 5.95 Å². The van der Waals surface area contributed by atoms with Gasteiger partial charge in [0.1, 0.15) is 0 Å². The molecule has 0 amide bonds. The van der Waals surface area contributed by atoms with Gasteiger partial charge in [-0.3, -0.25) is 18.9 Å². The van der Waals surface area contributed by atoms with Crippen molar-refractivity contribution in [3.8, 4) is 5.95 Å². The third-order valence-electron chi connectivity index (χ3n) is 5.20. The molecule has 0 unspecified atom stereocenters. The van der Waals surface area contributed by atoms with Gasteiger partial charge in [-0.2, -0.15) is 10.1 Å². The van der Waals surface area contributed by atoms with Crippen molar-refractivity contribution in [3.05, 3.63) is 73.7 Å². The third kappa shape index (κ3) is 3.20. The standard InChI is InChI=1S/C21H24N6O2/c1-5-15-11-16(6-2)27(24-15)20-22-18-17(19(28)23-21(29)25(18)4)26(20)12-14-9-7-13(3)8-10-14/h7-11H,5-6,12H2,1-4H3,(H,23,28,29). The largest absolute Gasteiger partial charge is 0.329 e. The topological polar surface area (TPSA) is 90.5 Å². The number of aromatic nitrogens is 6. The zero-order chi connectivity index (χ0) is 20.7. The van der Waals surface area contributed by atoms with Crippen molar-refractivity contribution in [2.75, 3.05) is 0 Å². The highest BCUT2D eigenvalue weighted by atomic mass is 16.2. The third-order valence-corrected chi connectivity index (χ3v) is 5.20. The number of rotatable bonds is 5. The molecule has 0 spiro atoms. The summed E-state index contributed by atoms with van der Waals surface area (Å²) >= 11 is 0. The molecule has 4 rings (SSSR count). The molecule has 0 aliphatic rings. The summed E-state index contributed by atoms with van der Waals surface area (Å²) in [6.45, 7) is 6.59. The molecule has 29 heavy (non-hydrogen) atoms. The van der Waals surface area contributed by atoms with Crippen molar-refractivity contribution in [1.82, 2.24) is 28.9 Å². The second-order valence-corrected chi connectivity index (χ2v) is 7.22. The molecule has 0 fully saturated rings. The van der Waals surface area contributed by atoms with Crippen LogP contribution in [0.3, 0.4) is 0 Å². The van der Waals surface area contributed by atoms with E-state index >= 15 is 0 Å². The summed E-state index contributed by atoms with van der Waals surface area (Å²) in [5.74, 6) is 0.531. The molecule has 0 radical (unpaired) electrons. The predicted molar refractivity (Wildman–Crippen MR) is 112 cm³/mol. The second kappa shape index (κ2) is 7.20. The molecule has 0 bridgehead atoms. The smallest absolute Gasteiger partial charge is 0.298 e. The Morgan fingerprint density at radius 2 is 1.79 bits per heavy atom. The maximum Gasteiger partial charge on any atom is 0.329 e. The number of fused-ring (bicyclic) bond motifs is 1. The Morgan fingerprint density at radius 1 is 1.07 bits per heavy atom. The van der Waals surface area contributed by atoms with E-state index in [-0.39, 0.29) is 0 Å². The second-order valence-electron chi connectivity index (χ2n) is 7.22. The average Bonchev–Trinajstić information content (AvgIpc) is 3.29. The monoisotopic (exact) mass is 392 g/mol. The minimum Gasteiger partial charge on any atom is -0.298 e. The molecule has 1 N–H and O–H groups in total. The lowest BCUT2D eigenvalue weighted by atomic mass is 10.1. The maximum atomic E-state index is 12.7. The van der Waals surface area contributed by atoms with Crippen LogP contribution in [0.4, 0.5) is 0 Å². The number of H-pyrrole nitrogens is 1. The van der Waals surface area contributed by atoms with Gasteiger partial charge in [0.15, 0.2) is 11.2 Å². The van der Waals surface area contributed by atoms with Crippen LogP contribution < -0.4 is 11.2 Å². The fourth-order valence-electron chi connectivity index (χ4n) is 3.48. The highest BCUT2D eigenvalue weighted by Gasteiger charge is 2.21. The Labute approximate surface area is 167 Å². The number of aromatic amines is 1. The molecular weight excluding hydrogens is 368 g/mol. The number of nitrogens with one attached hydrogen (secondary N) is 1. The molecule has 4 aromatic rings. The summed E-state index contributed by atoms with van der Waals surface area (Å²) in [6.07, 6.45) is 1.58. The summed E-state index contributed by atoms with van der Waals surface area (Å²) in [6, 6.07) is 10.2. The van der Waals surface area contributed by atoms with Gasteiger partial charge in [0.25, 0.3) is 5.56 Å². The molecule has 0 saturated carbocycles. The highest BCUT2D eigenvalue weighted by molar-refractivity contribution is 5.72. The molecule has 1 aromatic carbocycles. The number of nitrogens with zero attached hydrogens (tertiary/aromatic N) is 5. The van der Waals surface area contributed by atoms with E-state index in [9.17, 15) is 9.59 Å². The van der Waals surface area contributed by atoms with Crippen LogP contribution in [-0.4, -0.2) is 28.9 Å². The van der Waals surface area contributed by atoms with Gasteiger partial charge < -0.3 is 0 Å². The average molecular weight is 392 g/mol. The number of imidazole rings is 1. The molecule has 0 aliphatic heterocycles. The Kier molecular flexibility index (Phi) is 4.70. The van der Waals surface area contributed by atoms with E-state index in [0.29, 0.717) is 23.7 Å². The first kappa shape index (κ1) is 18.9. The van der Waals surface area contributed by atoms with Crippen molar-refractivity contribution in [1.29, 1.82) is 0 Å². The lowest BCUT2D eigenvalue weighted by Crippen LogP contribution is -2.29. The van der Waals surface area contributed by atoms with E-state index in [2.05, 4.69) is 29.9 Å². The zero-order valence-corrected chi connectivity index (χ0v) is 17.1. The molecule has 0 saturated heterocycles. The molecule has 3 aromatic heterocycles. The van der Waals surface area contributed by atoms with Crippen LogP contribution in [0.15, 0.2) is 39.9 Å². The Hall–Kier alpha value is -3.42. The fourth-order valence-corrected chi connectivity index (χ4v) is 3.48. The van der Waals surface area contributed by atoms with Crippen LogP contribution in [0.1, 0.15) is 36.4 Å². The van der Waals surface area contributed by atoms with Crippen molar-refractivity contribution < 1.29 is 0 Å². The molecule has 0 aliphatic carbocycles. The van der Waals surface area contributed by atoms with Crippen LogP contribution in [-0.2, 0) is 26.4 Å². The van der Waals surface area contributed by atoms with Gasteiger partial charge in [-0.1, -0.05) is 43.7 Å². The van der Waals surface area contributed by atoms with Gasteiger partial charge in [-0.05, 0) is 31.4 Å². The minimum absolute atomic E-state index is 0.344. The normalized spacial score (nSPS) is 11.4. The Morgan fingerprint density at radius 3 is 2.45 bits per heavy atom. The van der Waals surface area contributed by atoms with Gasteiger partial charge >= 0.3 is 5.69 Å². The summed E-state index contributed by atoms with van der Waals surface area (Å²) in [7, 11) is 1.61. The Bertz CT molecular complexity index is 1300. The Balaban J connectivity index is 2.03. The van der Waals surface area contributed by atoms with Crippen LogP contribution in [0, 0.1) is 6.92 Å². The van der Waals surface area contributed by atoms with Gasteiger partial charge in [-0.25, -0.2) is 9.48 Å². The van der Waals surface area contributed by atoms with Crippen molar-refractivity contribution in [2.45, 2.75) is 40.2 Å². The van der Waals surface area contributed by atoms with Gasteiger partial charge in [-0.15, -0.1) is 0 Å². The van der Waals surface area contributed by atoms with Gasteiger partial charge in [0, 0.05) is 12.7 Å². The highest BCUT2D eigenvalue weighted by Crippen LogP contribution is 2.20. The number of benzene rings is 1. The minimum atomic E-state index is -0.487. The summed E-state index contributed by atoms with van der Waals surface area (Å²) in [5.41, 5.74) is 3.93. The molecule has 150 valence electrons. The maximum absolute atomic E-state index is 12.7. The van der Waals surface area contributed by atoms with Crippen molar-refractivity contribution in [3.63, 3.8) is 0 Å². The predicted octanol–water partition coefficient (Wildman–Crippen LogP) is 2.09. The fraction of sp³-hybridized carbons (Fsp3) is 0.333. The SMILES string of the molecule is CCc1cc(CC)n(-c2nc3c(c(=O)[nH]c(=O)n3C)n2Cc2ccc(C)cc2)n1. The quantitative estimate of drug-likeness (QED) is 0.563. The van der Waals surface area contributed by atoms with Crippen LogP contribution in [0.25, 0.3) is 17.1 Å². The number of hydrogen-bond acceptors (Lipinski definition) is 4. The van der Waals surface area contributed by atoms with E-state index < -0.39 is 11.2 Å². The van der Waals surface area contributed by atoms with Gasteiger partial charge in [0.05, 0.1) is 12.2 Å². The van der Waals surface area contributed by atoms with E-state index in [4.69, 9.17) is 5.10 Å². The lowest BCUT2D eigenvalue weighted by Gasteiger charge is -2.11. The molecule has 3 heterocycles. The molecule has 0 atom stereocenters. The summed E-state index contributed by atoms with van der Waals surface area (Å²) in [5, 5.41) is 4.70. The van der Waals surface area contributed by atoms with E-state index in [1.165, 1.54) is 4.57 Å². The zero-order valence-electron chi connectivity index (χ0n) is 17.1. The van der Waals surface area contributed by atoms with Crippen LogP contribution in [0.2, 0.25) is 0 Å². The van der Waals surface area contributed by atoms with E-state index in [0.717, 1.165) is 35.4 Å². The van der Waals surface area contributed by atoms with Crippen LogP contribution in [0.5, 0.6) is 0 Å². The molecule has 8 heteroatoms. The number of hydrogen-bond donors (Lipinski definition) is 1. The van der Waals surface area contributed by atoms with Crippen molar-refractivity contribution >= 4 is 11.2 Å². The van der Waals surface area contributed by atoms with Crippen molar-refractivity contribution in [2.24, 2.45) is 7.05 Å².